The predicted molar refractivity (Wildman–Crippen MR) is 181 cm³/mol. The van der Waals surface area contributed by atoms with Gasteiger partial charge in [-0.1, -0.05) is 120 Å². The van der Waals surface area contributed by atoms with E-state index in [4.69, 9.17) is 20.9 Å². The molecule has 0 aliphatic rings. The number of hydrogen-bond donors (Lipinski definition) is 2. The summed E-state index contributed by atoms with van der Waals surface area (Å²) in [6.07, 6.45) is 15.9. The van der Waals surface area contributed by atoms with E-state index in [-0.39, 0.29) is 23.9 Å². The van der Waals surface area contributed by atoms with Crippen LogP contribution in [0.15, 0.2) is 24.3 Å². The maximum Gasteiger partial charge on any atom is 2.00 e. The molecule has 0 aromatic rings. The Balaban J connectivity index is -0.000000122. The predicted octanol–water partition coefficient (Wildman–Crippen LogP) is 3.87. The Bertz CT molecular complexity index is 632. The third kappa shape index (κ3) is 79.9. The van der Waals surface area contributed by atoms with Gasteiger partial charge in [0.25, 0.3) is 0 Å². The summed E-state index contributed by atoms with van der Waals surface area (Å²) in [5.41, 5.74) is 9.81. The van der Waals surface area contributed by atoms with Gasteiger partial charge in [-0.3, -0.25) is 0 Å². The van der Waals surface area contributed by atoms with Gasteiger partial charge in [0.15, 0.2) is 0 Å². The summed E-state index contributed by atoms with van der Waals surface area (Å²) in [6, 6.07) is 0. The van der Waals surface area contributed by atoms with Crippen LogP contribution in [0.4, 0.5) is 0 Å². The zero-order valence-electron chi connectivity index (χ0n) is 29.1. The molecule has 0 saturated heterocycles. The molecule has 0 unspecified atom stereocenters. The summed E-state index contributed by atoms with van der Waals surface area (Å²) in [7, 11) is 0. The molecular formula is C34H64N2O8Sn. The molecule has 0 aliphatic carbocycles. The molecule has 0 fully saturated rings. The summed E-state index contributed by atoms with van der Waals surface area (Å²) in [6.45, 7) is 22.0. The van der Waals surface area contributed by atoms with Gasteiger partial charge in [0.2, 0.25) is 0 Å². The Labute approximate surface area is 292 Å². The molecule has 0 amide bonds. The van der Waals surface area contributed by atoms with Crippen molar-refractivity contribution in [2.75, 3.05) is 26.3 Å². The molecular weight excluding hydrogens is 683 g/mol. The van der Waals surface area contributed by atoms with Crippen LogP contribution in [0.1, 0.15) is 119 Å². The van der Waals surface area contributed by atoms with Crippen molar-refractivity contribution in [2.45, 2.75) is 119 Å². The van der Waals surface area contributed by atoms with Gasteiger partial charge in [-0.05, 0) is 36.8 Å². The zero-order chi connectivity index (χ0) is 35.0. The van der Waals surface area contributed by atoms with E-state index in [0.29, 0.717) is 50.3 Å². The van der Waals surface area contributed by atoms with E-state index in [1.165, 1.54) is 25.7 Å². The van der Waals surface area contributed by atoms with Crippen LogP contribution in [0, 0.1) is 25.7 Å². The third-order valence-electron chi connectivity index (χ3n) is 4.93. The van der Waals surface area contributed by atoms with Crippen LogP contribution in [-0.4, -0.2) is 74.1 Å². The number of nitrogens with two attached hydrogens (primary N) is 2. The van der Waals surface area contributed by atoms with Crippen LogP contribution in [0.2, 0.25) is 0 Å². The smallest absolute Gasteiger partial charge is 0.545 e. The molecule has 262 valence electrons. The fourth-order valence-electron chi connectivity index (χ4n) is 2.38. The van der Waals surface area contributed by atoms with E-state index in [0.717, 1.165) is 63.5 Å². The summed E-state index contributed by atoms with van der Waals surface area (Å²) >= 11 is 0. The van der Waals surface area contributed by atoms with Gasteiger partial charge in [0, 0.05) is 25.2 Å². The van der Waals surface area contributed by atoms with Crippen molar-refractivity contribution < 1.29 is 38.9 Å². The Kier molecular flexibility index (Phi) is 60.4. The monoisotopic (exact) mass is 748 g/mol. The molecule has 4 N–H and O–H groups in total. The number of aliphatic carboxylic acids is 2. The maximum atomic E-state index is 10.9. The van der Waals surface area contributed by atoms with E-state index in [1.807, 2.05) is 0 Å². The van der Waals surface area contributed by atoms with Crippen molar-refractivity contribution in [2.24, 2.45) is 23.3 Å². The van der Waals surface area contributed by atoms with Gasteiger partial charge in [0.05, 0.1) is 25.2 Å². The van der Waals surface area contributed by atoms with E-state index in [2.05, 4.69) is 55.4 Å². The average Bonchev–Trinajstić information content (AvgIpc) is 2.98. The Morgan fingerprint density at radius 1 is 0.622 bits per heavy atom. The van der Waals surface area contributed by atoms with Crippen molar-refractivity contribution >= 4 is 47.8 Å². The first-order valence-electron chi connectivity index (χ1n) is 15.9. The van der Waals surface area contributed by atoms with Gasteiger partial charge >= 0.3 is 35.8 Å². The van der Waals surface area contributed by atoms with Gasteiger partial charge in [-0.25, -0.2) is 9.59 Å². The van der Waals surface area contributed by atoms with E-state index in [9.17, 15) is 29.4 Å². The molecule has 0 spiro atoms. The standard InChI is InChI=1S/2C12H20O4.2C4H9.C2H8N2.Sn/c2*1-10(2)6-4-3-5-9-16-12(15)8-7-11(13)14;2*1-3-4-2;3-1-2-4;/h2*7-8,10H,3-6,9H2,1-2H3,(H,13,14);2*1,3-4H2,2H3;1-4H2;/q;;;;;+2/p-2/b2*8-7+;;;;. The SMILES string of the molecule is CC(C)CCCCCOC(=O)/C=C/C(=O)[O-].CC(C)CCCCCOC(=O)/C=C/C(=O)[O-].NCCN.[CH2]CCC.[CH2]CCC.[Sn+2]. The average molecular weight is 748 g/mol. The number of rotatable bonds is 19. The van der Waals surface area contributed by atoms with Crippen molar-refractivity contribution in [3.63, 3.8) is 0 Å². The Morgan fingerprint density at radius 3 is 1.11 bits per heavy atom. The molecule has 0 saturated carbocycles. The van der Waals surface area contributed by atoms with Crippen molar-refractivity contribution in [1.82, 2.24) is 0 Å². The Hall–Kier alpha value is -1.92. The second-order valence-corrected chi connectivity index (χ2v) is 10.4. The van der Waals surface area contributed by atoms with Gasteiger partial charge in [0.1, 0.15) is 0 Å². The van der Waals surface area contributed by atoms with E-state index >= 15 is 0 Å². The first kappa shape index (κ1) is 55.5. The quantitative estimate of drug-likeness (QED) is 0.0851. The van der Waals surface area contributed by atoms with Crippen molar-refractivity contribution in [3.8, 4) is 0 Å². The number of carbonyl (C=O) groups is 4. The van der Waals surface area contributed by atoms with E-state index < -0.39 is 23.9 Å². The second-order valence-electron chi connectivity index (χ2n) is 10.4. The van der Waals surface area contributed by atoms with Crippen LogP contribution >= 0.6 is 0 Å². The fraction of sp³-hybridized carbons (Fsp3) is 0.706. The van der Waals surface area contributed by atoms with Crippen LogP contribution in [0.3, 0.4) is 0 Å². The summed E-state index contributed by atoms with van der Waals surface area (Å²) in [5.74, 6) is -2.65. The van der Waals surface area contributed by atoms with Crippen LogP contribution < -0.4 is 21.7 Å². The molecule has 0 aliphatic heterocycles. The van der Waals surface area contributed by atoms with Crippen molar-refractivity contribution in [3.05, 3.63) is 38.2 Å². The van der Waals surface area contributed by atoms with Crippen molar-refractivity contribution in [1.29, 1.82) is 0 Å². The number of ether oxygens (including phenoxy) is 2. The topological polar surface area (TPSA) is 185 Å². The van der Waals surface area contributed by atoms with Gasteiger partial charge < -0.3 is 40.7 Å². The molecule has 0 aromatic heterocycles. The molecule has 0 bridgehead atoms. The zero-order valence-corrected chi connectivity index (χ0v) is 32.0. The number of carboxylic acid groups (broad SMARTS) is 2. The molecule has 0 atom stereocenters. The van der Waals surface area contributed by atoms with Gasteiger partial charge in [-0.15, -0.1) is 0 Å². The number of carboxylic acids is 2. The number of carbonyl (C=O) groups excluding carboxylic acids is 4. The molecule has 11 heteroatoms. The van der Waals surface area contributed by atoms with Crippen LogP contribution in [0.25, 0.3) is 0 Å². The van der Waals surface area contributed by atoms with E-state index in [1.54, 1.807) is 0 Å². The first-order chi connectivity index (χ1) is 20.8. The molecule has 4 radical (unpaired) electrons. The number of esters is 2. The number of unbranched alkanes of at least 4 members (excludes halogenated alkanes) is 6. The molecule has 45 heavy (non-hydrogen) atoms. The minimum absolute atomic E-state index is 0. The molecule has 10 nitrogen and oxygen atoms in total. The van der Waals surface area contributed by atoms with Crippen LogP contribution in [-0.2, 0) is 28.7 Å². The molecule has 0 aromatic carbocycles. The largest absolute Gasteiger partial charge is 2.00 e. The number of hydrogen-bond acceptors (Lipinski definition) is 10. The maximum absolute atomic E-state index is 10.9. The summed E-state index contributed by atoms with van der Waals surface area (Å²) < 4.78 is 9.57. The Morgan fingerprint density at radius 2 is 0.911 bits per heavy atom. The first-order valence-corrected chi connectivity index (χ1v) is 15.9. The summed E-state index contributed by atoms with van der Waals surface area (Å²) in [5, 5.41) is 20.0. The fourth-order valence-corrected chi connectivity index (χ4v) is 2.38. The minimum atomic E-state index is -1.39. The van der Waals surface area contributed by atoms with Gasteiger partial charge in [-0.2, -0.15) is 0 Å². The molecule has 0 heterocycles. The third-order valence-corrected chi connectivity index (χ3v) is 4.93. The van der Waals surface area contributed by atoms with Crippen LogP contribution in [0.5, 0.6) is 0 Å². The minimum Gasteiger partial charge on any atom is -0.545 e. The molecule has 0 rings (SSSR count). The summed E-state index contributed by atoms with van der Waals surface area (Å²) in [4.78, 5) is 41.7. The normalized spacial score (nSPS) is 9.78. The second kappa shape index (κ2) is 49.0.